The summed E-state index contributed by atoms with van der Waals surface area (Å²) in [5.41, 5.74) is 1.82. The second-order valence-electron chi connectivity index (χ2n) is 9.22. The molecule has 7 nitrogen and oxygen atoms in total. The Labute approximate surface area is 213 Å². The molecule has 0 aromatic heterocycles. The number of amides is 2. The highest BCUT2D eigenvalue weighted by Gasteiger charge is 2.43. The number of hydrogen-bond donors (Lipinski definition) is 1. The normalized spacial score (nSPS) is 20.2. The lowest BCUT2D eigenvalue weighted by atomic mass is 9.96. The van der Waals surface area contributed by atoms with Crippen LogP contribution in [0.2, 0.25) is 5.02 Å². The van der Waals surface area contributed by atoms with Crippen molar-refractivity contribution in [2.45, 2.75) is 51.8 Å². The number of aliphatic imine (C=N–C) groups is 1. The fraction of sp³-hybridized carbons (Fsp3) is 0.481. The number of halogens is 1. The summed E-state index contributed by atoms with van der Waals surface area (Å²) in [5.74, 6) is 2.00. The van der Waals surface area contributed by atoms with Gasteiger partial charge < -0.3 is 19.7 Å². The number of carbonyl (C=O) groups excluding carboxylic acids is 1. The van der Waals surface area contributed by atoms with Crippen molar-refractivity contribution in [2.75, 3.05) is 33.3 Å². The van der Waals surface area contributed by atoms with Gasteiger partial charge in [-0.25, -0.2) is 4.79 Å². The molecule has 0 bridgehead atoms. The molecule has 2 aliphatic heterocycles. The predicted octanol–water partition coefficient (Wildman–Crippen LogP) is 5.13. The quantitative estimate of drug-likeness (QED) is 0.574. The van der Waals surface area contributed by atoms with Gasteiger partial charge in [0.05, 0.1) is 30.9 Å². The summed E-state index contributed by atoms with van der Waals surface area (Å²) < 4.78 is 11.6. The number of rotatable bonds is 7. The van der Waals surface area contributed by atoms with Crippen molar-refractivity contribution in [3.63, 3.8) is 0 Å². The van der Waals surface area contributed by atoms with Crippen molar-refractivity contribution < 1.29 is 14.3 Å². The number of nitrogens with zero attached hydrogens (tertiary/aromatic N) is 3. The van der Waals surface area contributed by atoms with E-state index >= 15 is 0 Å². The summed E-state index contributed by atoms with van der Waals surface area (Å²) in [6, 6.07) is 13.2. The van der Waals surface area contributed by atoms with Crippen molar-refractivity contribution in [1.82, 2.24) is 15.1 Å². The van der Waals surface area contributed by atoms with E-state index in [1.807, 2.05) is 66.1 Å². The lowest BCUT2D eigenvalue weighted by molar-refractivity contribution is 0.156. The largest absolute Gasteiger partial charge is 0.497 e. The summed E-state index contributed by atoms with van der Waals surface area (Å²) >= 11 is 6.21. The molecule has 0 saturated carbocycles. The second-order valence-corrected chi connectivity index (χ2v) is 9.66. The van der Waals surface area contributed by atoms with Crippen LogP contribution in [0.15, 0.2) is 47.5 Å². The maximum absolute atomic E-state index is 14.1. The molecule has 2 heterocycles. The third-order valence-electron chi connectivity index (χ3n) is 6.34. The van der Waals surface area contributed by atoms with Crippen LogP contribution in [0.25, 0.3) is 0 Å². The summed E-state index contributed by atoms with van der Waals surface area (Å²) in [4.78, 5) is 23.1. The third kappa shape index (κ3) is 5.57. The van der Waals surface area contributed by atoms with Gasteiger partial charge in [0.1, 0.15) is 17.3 Å². The summed E-state index contributed by atoms with van der Waals surface area (Å²) in [5, 5.41) is 4.00. The van der Waals surface area contributed by atoms with Gasteiger partial charge in [0, 0.05) is 37.3 Å². The molecule has 2 atom stereocenters. The first kappa shape index (κ1) is 25.3. The van der Waals surface area contributed by atoms with Gasteiger partial charge in [0.25, 0.3) is 0 Å². The Morgan fingerprint density at radius 2 is 1.89 bits per heavy atom. The minimum absolute atomic E-state index is 0.0323. The first-order valence-corrected chi connectivity index (χ1v) is 12.8. The molecule has 2 aliphatic rings. The average Bonchev–Trinajstić information content (AvgIpc) is 3.23. The van der Waals surface area contributed by atoms with Crippen LogP contribution in [0.3, 0.4) is 0 Å². The molecule has 0 unspecified atom stereocenters. The number of piperazine rings is 1. The average molecular weight is 499 g/mol. The molecule has 0 radical (unpaired) electrons. The van der Waals surface area contributed by atoms with Crippen LogP contribution in [0.4, 0.5) is 4.79 Å². The molecule has 0 aliphatic carbocycles. The molecule has 2 amide bonds. The topological polar surface area (TPSA) is 66.4 Å². The lowest BCUT2D eigenvalue weighted by Gasteiger charge is -2.36. The van der Waals surface area contributed by atoms with Crippen LogP contribution >= 0.6 is 11.6 Å². The fourth-order valence-electron chi connectivity index (χ4n) is 4.73. The fourth-order valence-corrected chi connectivity index (χ4v) is 4.85. The van der Waals surface area contributed by atoms with E-state index in [2.05, 4.69) is 12.2 Å². The Hall–Kier alpha value is -2.77. The molecular weight excluding hydrogens is 464 g/mol. The Balaban J connectivity index is 1.84. The smallest absolute Gasteiger partial charge is 0.326 e. The number of carbonyl (C=O) groups is 1. The molecule has 2 aromatic carbocycles. The number of ether oxygens (including phenoxy) is 2. The van der Waals surface area contributed by atoms with E-state index in [1.54, 1.807) is 7.11 Å². The summed E-state index contributed by atoms with van der Waals surface area (Å²) in [6.07, 6.45) is 1.77. The second kappa shape index (κ2) is 11.3. The van der Waals surface area contributed by atoms with Crippen molar-refractivity contribution >= 4 is 23.5 Å². The molecular formula is C27H35ClN4O3. The van der Waals surface area contributed by atoms with Crippen LogP contribution < -0.4 is 14.8 Å². The predicted molar refractivity (Wildman–Crippen MR) is 140 cm³/mol. The molecule has 1 N–H and O–H groups in total. The van der Waals surface area contributed by atoms with Crippen LogP contribution in [0.5, 0.6) is 11.5 Å². The van der Waals surface area contributed by atoms with Gasteiger partial charge in [-0.1, -0.05) is 37.1 Å². The van der Waals surface area contributed by atoms with Crippen LogP contribution in [-0.4, -0.2) is 67.1 Å². The summed E-state index contributed by atoms with van der Waals surface area (Å²) in [7, 11) is 1.63. The van der Waals surface area contributed by atoms with Gasteiger partial charge >= 0.3 is 6.03 Å². The monoisotopic (exact) mass is 498 g/mol. The first-order valence-electron chi connectivity index (χ1n) is 12.4. The number of methoxy groups -OCH3 is 1. The van der Waals surface area contributed by atoms with Gasteiger partial charge in [-0.2, -0.15) is 0 Å². The minimum atomic E-state index is -0.224. The zero-order chi connectivity index (χ0) is 24.9. The SMILES string of the molecule is CCC[C@H]1N=C(c2ccc(OC)cc2OC(C)C)N(C(=O)N2CCNCC2)[C@H]1c1ccc(Cl)cc1. The molecule has 188 valence electrons. The van der Waals surface area contributed by atoms with Crippen LogP contribution in [0.1, 0.15) is 50.8 Å². The number of benzene rings is 2. The molecule has 1 saturated heterocycles. The third-order valence-corrected chi connectivity index (χ3v) is 6.59. The van der Waals surface area contributed by atoms with E-state index in [0.717, 1.165) is 37.1 Å². The number of hydrogen-bond acceptors (Lipinski definition) is 5. The van der Waals surface area contributed by atoms with Gasteiger partial charge in [0.15, 0.2) is 0 Å². The molecule has 8 heteroatoms. The van der Waals surface area contributed by atoms with Gasteiger partial charge in [-0.05, 0) is 50.1 Å². The molecule has 2 aromatic rings. The first-order chi connectivity index (χ1) is 16.9. The van der Waals surface area contributed by atoms with Gasteiger partial charge in [-0.15, -0.1) is 0 Å². The summed E-state index contributed by atoms with van der Waals surface area (Å²) in [6.45, 7) is 8.99. The Morgan fingerprint density at radius 1 is 1.17 bits per heavy atom. The number of nitrogens with one attached hydrogen (secondary N) is 1. The highest BCUT2D eigenvalue weighted by molar-refractivity contribution is 6.30. The minimum Gasteiger partial charge on any atom is -0.497 e. The van der Waals surface area contributed by atoms with Gasteiger partial charge in [-0.3, -0.25) is 9.89 Å². The van der Waals surface area contributed by atoms with Crippen molar-refractivity contribution in [3.05, 3.63) is 58.6 Å². The standard InChI is InChI=1S/C27H35ClN4O3/c1-5-6-23-25(19-7-9-20(28)10-8-19)32(27(33)31-15-13-29-14-16-31)26(30-23)22-12-11-21(34-4)17-24(22)35-18(2)3/h7-12,17-18,23,25,29H,5-6,13-16H2,1-4H3/t23-,25+/m1/s1. The Bertz CT molecular complexity index is 1050. The highest BCUT2D eigenvalue weighted by atomic mass is 35.5. The van der Waals surface area contributed by atoms with Gasteiger partial charge in [0.2, 0.25) is 0 Å². The highest BCUT2D eigenvalue weighted by Crippen LogP contribution is 2.40. The number of amidine groups is 1. The van der Waals surface area contributed by atoms with E-state index in [1.165, 1.54) is 0 Å². The van der Waals surface area contributed by atoms with E-state index in [9.17, 15) is 4.79 Å². The number of urea groups is 1. The van der Waals surface area contributed by atoms with E-state index < -0.39 is 0 Å². The zero-order valence-corrected chi connectivity index (χ0v) is 21.7. The van der Waals surface area contributed by atoms with Crippen LogP contribution in [0, 0.1) is 0 Å². The van der Waals surface area contributed by atoms with E-state index in [-0.39, 0.29) is 24.2 Å². The zero-order valence-electron chi connectivity index (χ0n) is 21.0. The Kier molecular flexibility index (Phi) is 8.19. The molecule has 1 fully saturated rings. The maximum atomic E-state index is 14.1. The molecule has 35 heavy (non-hydrogen) atoms. The lowest BCUT2D eigenvalue weighted by Crippen LogP contribution is -2.53. The molecule has 4 rings (SSSR count). The Morgan fingerprint density at radius 3 is 2.51 bits per heavy atom. The van der Waals surface area contributed by atoms with E-state index in [0.29, 0.717) is 35.4 Å². The van der Waals surface area contributed by atoms with Crippen molar-refractivity contribution in [3.8, 4) is 11.5 Å². The maximum Gasteiger partial charge on any atom is 0.326 e. The van der Waals surface area contributed by atoms with E-state index in [4.69, 9.17) is 26.1 Å². The van der Waals surface area contributed by atoms with Crippen molar-refractivity contribution in [1.29, 1.82) is 0 Å². The van der Waals surface area contributed by atoms with Crippen LogP contribution in [-0.2, 0) is 0 Å². The molecule has 0 spiro atoms. The van der Waals surface area contributed by atoms with Crippen molar-refractivity contribution in [2.24, 2.45) is 4.99 Å².